The van der Waals surface area contributed by atoms with E-state index in [-0.39, 0.29) is 5.91 Å². The van der Waals surface area contributed by atoms with E-state index in [0.29, 0.717) is 11.4 Å². The molecule has 0 saturated carbocycles. The average molecular weight is 255 g/mol. The first kappa shape index (κ1) is 11.7. The number of amides is 1. The molecule has 1 unspecified atom stereocenters. The molecule has 0 saturated heterocycles. The van der Waals surface area contributed by atoms with Gasteiger partial charge in [0, 0.05) is 11.9 Å². The summed E-state index contributed by atoms with van der Waals surface area (Å²) in [6.07, 6.45) is 0.547. The molecule has 2 heterocycles. The summed E-state index contributed by atoms with van der Waals surface area (Å²) in [5, 5.41) is 12.6. The van der Waals surface area contributed by atoms with Gasteiger partial charge in [-0.3, -0.25) is 9.69 Å². The minimum atomic E-state index is -1.09. The number of nitrogens with zero attached hydrogens (tertiary/aromatic N) is 2. The van der Waals surface area contributed by atoms with E-state index in [1.165, 1.54) is 0 Å². The van der Waals surface area contributed by atoms with Crippen molar-refractivity contribution in [1.29, 1.82) is 0 Å². The first-order valence-corrected chi connectivity index (χ1v) is 5.96. The van der Waals surface area contributed by atoms with Crippen LogP contribution in [0.15, 0.2) is 42.6 Å². The van der Waals surface area contributed by atoms with Gasteiger partial charge in [-0.05, 0) is 30.7 Å². The normalized spacial score (nSPS) is 17.9. The van der Waals surface area contributed by atoms with Crippen molar-refractivity contribution in [3.8, 4) is 0 Å². The predicted molar refractivity (Wildman–Crippen MR) is 71.0 cm³/mol. The summed E-state index contributed by atoms with van der Waals surface area (Å²) < 4.78 is 0. The molecule has 0 fully saturated rings. The van der Waals surface area contributed by atoms with Crippen LogP contribution < -0.4 is 10.2 Å². The minimum Gasteiger partial charge on any atom is -0.356 e. The Kier molecular flexibility index (Phi) is 2.68. The molecule has 2 aromatic rings. The lowest BCUT2D eigenvalue weighted by Gasteiger charge is -2.35. The van der Waals surface area contributed by atoms with Crippen LogP contribution in [0.5, 0.6) is 0 Å². The molecule has 0 bridgehead atoms. The number of carbonyl (C=O) groups is 1. The van der Waals surface area contributed by atoms with E-state index in [4.69, 9.17) is 0 Å². The van der Waals surface area contributed by atoms with E-state index < -0.39 is 6.35 Å². The Hall–Kier alpha value is -2.40. The van der Waals surface area contributed by atoms with Crippen LogP contribution in [-0.2, 0) is 0 Å². The van der Waals surface area contributed by atoms with Crippen molar-refractivity contribution in [2.24, 2.45) is 0 Å². The molecular weight excluding hydrogens is 242 g/mol. The fourth-order valence-corrected chi connectivity index (χ4v) is 2.16. The highest BCUT2D eigenvalue weighted by molar-refractivity contribution is 6.01. The second-order valence-electron chi connectivity index (χ2n) is 4.43. The van der Waals surface area contributed by atoms with Gasteiger partial charge in [0.25, 0.3) is 5.91 Å². The lowest BCUT2D eigenvalue weighted by Crippen LogP contribution is -2.51. The maximum absolute atomic E-state index is 11.8. The number of hydrogen-bond donors (Lipinski definition) is 2. The first-order valence-electron chi connectivity index (χ1n) is 5.96. The Morgan fingerprint density at radius 2 is 2.05 bits per heavy atom. The standard InChI is InChI=1S/C14H13N3O2/c1-9-7-11-12(15-8-9)13(18)16-14(19)17(11)10-5-3-2-4-6-10/h2-8,14,19H,1H3,(H,16,18). The van der Waals surface area contributed by atoms with Crippen LogP contribution >= 0.6 is 0 Å². The summed E-state index contributed by atoms with van der Waals surface area (Å²) in [7, 11) is 0. The number of para-hydroxylation sites is 1. The van der Waals surface area contributed by atoms with Crippen LogP contribution in [0.25, 0.3) is 0 Å². The molecule has 1 aromatic carbocycles. The van der Waals surface area contributed by atoms with Crippen LogP contribution in [0.3, 0.4) is 0 Å². The summed E-state index contributed by atoms with van der Waals surface area (Å²) in [5.74, 6) is -0.366. The third kappa shape index (κ3) is 1.94. The summed E-state index contributed by atoms with van der Waals surface area (Å²) in [5.41, 5.74) is 2.66. The molecule has 1 atom stereocenters. The van der Waals surface area contributed by atoms with Crippen LogP contribution in [0.2, 0.25) is 0 Å². The van der Waals surface area contributed by atoms with Crippen molar-refractivity contribution >= 4 is 17.3 Å². The van der Waals surface area contributed by atoms with Crippen LogP contribution in [0.4, 0.5) is 11.4 Å². The van der Waals surface area contributed by atoms with Gasteiger partial charge in [0.2, 0.25) is 6.35 Å². The van der Waals surface area contributed by atoms with Gasteiger partial charge in [0.05, 0.1) is 5.69 Å². The number of carbonyl (C=O) groups excluding carboxylic acids is 1. The highest BCUT2D eigenvalue weighted by Crippen LogP contribution is 2.32. The zero-order chi connectivity index (χ0) is 13.4. The van der Waals surface area contributed by atoms with Crippen molar-refractivity contribution in [2.45, 2.75) is 13.3 Å². The van der Waals surface area contributed by atoms with Crippen molar-refractivity contribution in [3.63, 3.8) is 0 Å². The van der Waals surface area contributed by atoms with Crippen molar-refractivity contribution in [1.82, 2.24) is 10.3 Å². The molecule has 0 aliphatic carbocycles. The average Bonchev–Trinajstić information content (AvgIpc) is 2.39. The van der Waals surface area contributed by atoms with Crippen LogP contribution in [-0.4, -0.2) is 22.3 Å². The van der Waals surface area contributed by atoms with E-state index in [1.807, 2.05) is 43.3 Å². The smallest absolute Gasteiger partial charge is 0.275 e. The number of aliphatic hydroxyl groups is 1. The fourth-order valence-electron chi connectivity index (χ4n) is 2.16. The van der Waals surface area contributed by atoms with Gasteiger partial charge in [-0.25, -0.2) is 4.98 Å². The molecule has 1 aromatic heterocycles. The number of anilines is 2. The number of aryl methyl sites for hydroxylation is 1. The molecule has 5 nitrogen and oxygen atoms in total. The molecule has 1 amide bonds. The maximum atomic E-state index is 11.8. The molecular formula is C14H13N3O2. The number of aliphatic hydroxyl groups excluding tert-OH is 1. The third-order valence-electron chi connectivity index (χ3n) is 3.02. The highest BCUT2D eigenvalue weighted by atomic mass is 16.3. The lowest BCUT2D eigenvalue weighted by atomic mass is 10.1. The van der Waals surface area contributed by atoms with Gasteiger partial charge in [-0.15, -0.1) is 0 Å². The zero-order valence-corrected chi connectivity index (χ0v) is 10.4. The molecule has 0 spiro atoms. The number of pyridine rings is 1. The Labute approximate surface area is 110 Å². The number of rotatable bonds is 1. The Morgan fingerprint density at radius 3 is 2.79 bits per heavy atom. The van der Waals surface area contributed by atoms with Crippen LogP contribution in [0.1, 0.15) is 16.1 Å². The van der Waals surface area contributed by atoms with Crippen molar-refractivity contribution < 1.29 is 9.90 Å². The molecule has 1 aliphatic heterocycles. The summed E-state index contributed by atoms with van der Waals surface area (Å²) in [4.78, 5) is 17.6. The Morgan fingerprint density at radius 1 is 1.32 bits per heavy atom. The fraction of sp³-hybridized carbons (Fsp3) is 0.143. The lowest BCUT2D eigenvalue weighted by molar-refractivity contribution is 0.0765. The van der Waals surface area contributed by atoms with Gasteiger partial charge in [0.1, 0.15) is 0 Å². The number of fused-ring (bicyclic) bond motifs is 1. The molecule has 2 N–H and O–H groups in total. The second kappa shape index (κ2) is 4.37. The van der Waals surface area contributed by atoms with Gasteiger partial charge in [-0.2, -0.15) is 0 Å². The van der Waals surface area contributed by atoms with E-state index in [2.05, 4.69) is 10.3 Å². The second-order valence-corrected chi connectivity index (χ2v) is 4.43. The summed E-state index contributed by atoms with van der Waals surface area (Å²) in [6, 6.07) is 11.2. The van der Waals surface area contributed by atoms with E-state index in [1.54, 1.807) is 11.1 Å². The molecule has 19 heavy (non-hydrogen) atoms. The predicted octanol–water partition coefficient (Wildman–Crippen LogP) is 1.55. The minimum absolute atomic E-state index is 0.319. The van der Waals surface area contributed by atoms with E-state index in [0.717, 1.165) is 11.3 Å². The molecule has 1 aliphatic rings. The third-order valence-corrected chi connectivity index (χ3v) is 3.02. The topological polar surface area (TPSA) is 65.5 Å². The zero-order valence-electron chi connectivity index (χ0n) is 10.4. The molecule has 5 heteroatoms. The quantitative estimate of drug-likeness (QED) is 0.811. The maximum Gasteiger partial charge on any atom is 0.275 e. The monoisotopic (exact) mass is 255 g/mol. The number of benzene rings is 1. The van der Waals surface area contributed by atoms with Gasteiger partial charge in [-0.1, -0.05) is 18.2 Å². The molecule has 96 valence electrons. The molecule has 0 radical (unpaired) electrons. The Bertz CT molecular complexity index is 628. The molecule has 3 rings (SSSR count). The number of aromatic nitrogens is 1. The summed E-state index contributed by atoms with van der Waals surface area (Å²) in [6.45, 7) is 1.90. The Balaban J connectivity index is 2.18. The van der Waals surface area contributed by atoms with E-state index in [9.17, 15) is 9.90 Å². The van der Waals surface area contributed by atoms with Gasteiger partial charge >= 0.3 is 0 Å². The van der Waals surface area contributed by atoms with Crippen molar-refractivity contribution in [2.75, 3.05) is 4.90 Å². The van der Waals surface area contributed by atoms with E-state index >= 15 is 0 Å². The SMILES string of the molecule is Cc1cnc2c(c1)N(c1ccccc1)C(O)NC2=O. The van der Waals surface area contributed by atoms with Crippen molar-refractivity contribution in [3.05, 3.63) is 53.9 Å². The van der Waals surface area contributed by atoms with Gasteiger partial charge in [0.15, 0.2) is 5.69 Å². The first-order chi connectivity index (χ1) is 9.16. The highest BCUT2D eigenvalue weighted by Gasteiger charge is 2.31. The number of hydrogen-bond acceptors (Lipinski definition) is 4. The summed E-state index contributed by atoms with van der Waals surface area (Å²) >= 11 is 0. The van der Waals surface area contributed by atoms with Crippen LogP contribution in [0, 0.1) is 6.92 Å². The largest absolute Gasteiger partial charge is 0.356 e. The number of nitrogens with one attached hydrogen (secondary N) is 1. The van der Waals surface area contributed by atoms with Gasteiger partial charge < -0.3 is 10.4 Å².